The summed E-state index contributed by atoms with van der Waals surface area (Å²) in [6.07, 6.45) is 8.29. The maximum absolute atomic E-state index is 13.4. The predicted molar refractivity (Wildman–Crippen MR) is 111 cm³/mol. The van der Waals surface area contributed by atoms with Crippen LogP contribution < -0.4 is 0 Å². The first-order valence-electron chi connectivity index (χ1n) is 10.6. The molecule has 28 heavy (non-hydrogen) atoms. The van der Waals surface area contributed by atoms with E-state index in [9.17, 15) is 13.5 Å². The lowest BCUT2D eigenvalue weighted by atomic mass is 9.70. The van der Waals surface area contributed by atoms with Gasteiger partial charge in [0.05, 0.1) is 11.9 Å². The summed E-state index contributed by atoms with van der Waals surface area (Å²) in [5.74, 6) is 0.548. The predicted octanol–water partition coefficient (Wildman–Crippen LogP) is 3.56. The normalized spacial score (nSPS) is 35.5. The zero-order chi connectivity index (χ0) is 19.8. The maximum atomic E-state index is 13.4. The van der Waals surface area contributed by atoms with Crippen LogP contribution in [0.1, 0.15) is 57.1 Å². The standard InChI is InChI=1S/C23H31NO3S/c1-21(2)18-8-10-23(21,20(25)15-18)16-28(26,27)24-13-11-22(12-14-24)9-7-17-5-3-4-6-19(17)22/h3-7,9,18,20,25H,8,10-16H2,1-2H3/t18?,20-,23-/m1/s1. The molecule has 2 bridgehead atoms. The lowest BCUT2D eigenvalue weighted by molar-refractivity contribution is 0.0143. The molecular weight excluding hydrogens is 370 g/mol. The molecular formula is C23H31NO3S. The molecule has 0 radical (unpaired) electrons. The molecule has 0 aromatic heterocycles. The average molecular weight is 402 g/mol. The topological polar surface area (TPSA) is 57.6 Å². The van der Waals surface area contributed by atoms with E-state index in [1.54, 1.807) is 4.31 Å². The van der Waals surface area contributed by atoms with Crippen molar-refractivity contribution in [1.29, 1.82) is 0 Å². The number of piperidine rings is 1. The van der Waals surface area contributed by atoms with Gasteiger partial charge < -0.3 is 5.11 Å². The summed E-state index contributed by atoms with van der Waals surface area (Å²) >= 11 is 0. The van der Waals surface area contributed by atoms with Crippen molar-refractivity contribution in [2.24, 2.45) is 16.7 Å². The van der Waals surface area contributed by atoms with Gasteiger partial charge in [0, 0.05) is 23.9 Å². The van der Waals surface area contributed by atoms with Gasteiger partial charge in [-0.25, -0.2) is 12.7 Å². The first kappa shape index (κ1) is 18.8. The number of rotatable bonds is 3. The minimum absolute atomic E-state index is 0.00844. The van der Waals surface area contributed by atoms with Crippen LogP contribution >= 0.6 is 0 Å². The van der Waals surface area contributed by atoms with Crippen molar-refractivity contribution in [1.82, 2.24) is 4.31 Å². The van der Waals surface area contributed by atoms with Crippen molar-refractivity contribution in [3.05, 3.63) is 41.5 Å². The van der Waals surface area contributed by atoms with E-state index in [1.807, 2.05) is 0 Å². The van der Waals surface area contributed by atoms with E-state index >= 15 is 0 Å². The third kappa shape index (κ3) is 2.39. The maximum Gasteiger partial charge on any atom is 0.214 e. The quantitative estimate of drug-likeness (QED) is 0.842. The highest BCUT2D eigenvalue weighted by Gasteiger charge is 2.65. The second-order valence-corrected chi connectivity index (χ2v) is 12.1. The van der Waals surface area contributed by atoms with Crippen molar-refractivity contribution in [2.45, 2.75) is 57.5 Å². The molecule has 152 valence electrons. The van der Waals surface area contributed by atoms with Gasteiger partial charge in [-0.2, -0.15) is 0 Å². The number of hydrogen-bond donors (Lipinski definition) is 1. The molecule has 2 saturated carbocycles. The minimum atomic E-state index is -3.39. The SMILES string of the molecule is CC1(C)C2CC[C@@]1(CS(=O)(=O)N1CCC3(C=Cc4ccccc43)CC1)[C@H](O)C2. The van der Waals surface area contributed by atoms with E-state index in [0.717, 1.165) is 32.1 Å². The van der Waals surface area contributed by atoms with Crippen molar-refractivity contribution in [3.63, 3.8) is 0 Å². The summed E-state index contributed by atoms with van der Waals surface area (Å²) in [6.45, 7) is 5.47. The van der Waals surface area contributed by atoms with Crippen LogP contribution in [0.2, 0.25) is 0 Å². The second-order valence-electron chi connectivity index (χ2n) is 10.1. The summed E-state index contributed by atoms with van der Waals surface area (Å²) in [7, 11) is -3.39. The van der Waals surface area contributed by atoms with Crippen LogP contribution in [-0.4, -0.2) is 42.8 Å². The number of aliphatic hydroxyl groups excluding tert-OH is 1. The van der Waals surface area contributed by atoms with Crippen molar-refractivity contribution < 1.29 is 13.5 Å². The van der Waals surface area contributed by atoms with Crippen molar-refractivity contribution in [3.8, 4) is 0 Å². The highest BCUT2D eigenvalue weighted by Crippen LogP contribution is 2.66. The third-order valence-corrected chi connectivity index (χ3v) is 10.9. The van der Waals surface area contributed by atoms with E-state index in [4.69, 9.17) is 0 Å². The Labute approximate surface area is 168 Å². The molecule has 1 aromatic rings. The molecule has 5 rings (SSSR count). The molecule has 5 heteroatoms. The van der Waals surface area contributed by atoms with Crippen LogP contribution in [0.3, 0.4) is 0 Å². The van der Waals surface area contributed by atoms with Gasteiger partial charge in [0.25, 0.3) is 0 Å². The Bertz CT molecular complexity index is 927. The summed E-state index contributed by atoms with van der Waals surface area (Å²) in [4.78, 5) is 0. The highest BCUT2D eigenvalue weighted by molar-refractivity contribution is 7.89. The molecule has 1 spiro atoms. The molecule has 1 unspecified atom stereocenters. The number of benzene rings is 1. The van der Waals surface area contributed by atoms with Gasteiger partial charge in [0.15, 0.2) is 0 Å². The zero-order valence-electron chi connectivity index (χ0n) is 16.9. The Hall–Kier alpha value is -1.17. The van der Waals surface area contributed by atoms with Crippen LogP contribution in [0.25, 0.3) is 6.08 Å². The fraction of sp³-hybridized carbons (Fsp3) is 0.652. The second kappa shape index (κ2) is 5.93. The fourth-order valence-corrected chi connectivity index (χ4v) is 9.11. The summed E-state index contributed by atoms with van der Waals surface area (Å²) < 4.78 is 28.5. The summed E-state index contributed by atoms with van der Waals surface area (Å²) in [5.41, 5.74) is 2.02. The Morgan fingerprint density at radius 2 is 1.86 bits per heavy atom. The van der Waals surface area contributed by atoms with Gasteiger partial charge in [-0.05, 0) is 54.6 Å². The van der Waals surface area contributed by atoms with Crippen LogP contribution in [0.15, 0.2) is 30.3 Å². The molecule has 4 nitrogen and oxygen atoms in total. The molecule has 3 aliphatic carbocycles. The minimum Gasteiger partial charge on any atom is -0.392 e. The number of fused-ring (bicyclic) bond motifs is 4. The zero-order valence-corrected chi connectivity index (χ0v) is 17.7. The molecule has 3 fully saturated rings. The molecule has 1 aromatic carbocycles. The largest absolute Gasteiger partial charge is 0.392 e. The number of aliphatic hydroxyl groups is 1. The lowest BCUT2D eigenvalue weighted by Crippen LogP contribution is -2.51. The number of allylic oxidation sites excluding steroid dienone is 1. The van der Waals surface area contributed by atoms with Gasteiger partial charge >= 0.3 is 0 Å². The molecule has 1 N–H and O–H groups in total. The Balaban J connectivity index is 1.35. The van der Waals surface area contributed by atoms with E-state index in [2.05, 4.69) is 50.3 Å². The van der Waals surface area contributed by atoms with E-state index in [1.165, 1.54) is 11.1 Å². The van der Waals surface area contributed by atoms with E-state index in [-0.39, 0.29) is 16.6 Å². The Morgan fingerprint density at radius 3 is 2.50 bits per heavy atom. The molecule has 0 amide bonds. The monoisotopic (exact) mass is 401 g/mol. The molecule has 1 aliphatic heterocycles. The van der Waals surface area contributed by atoms with Crippen LogP contribution in [0.5, 0.6) is 0 Å². The van der Waals surface area contributed by atoms with Crippen LogP contribution in [0, 0.1) is 16.7 Å². The van der Waals surface area contributed by atoms with Crippen LogP contribution in [-0.2, 0) is 15.4 Å². The van der Waals surface area contributed by atoms with Gasteiger partial charge in [-0.3, -0.25) is 0 Å². The average Bonchev–Trinajstić information content (AvgIpc) is 3.19. The summed E-state index contributed by atoms with van der Waals surface area (Å²) in [5, 5.41) is 10.8. The fourth-order valence-electron chi connectivity index (χ4n) is 6.83. The Morgan fingerprint density at radius 1 is 1.14 bits per heavy atom. The van der Waals surface area contributed by atoms with Gasteiger partial charge in [0.2, 0.25) is 10.0 Å². The third-order valence-electron chi connectivity index (χ3n) is 8.92. The molecule has 1 saturated heterocycles. The van der Waals surface area contributed by atoms with Gasteiger partial charge in [0.1, 0.15) is 0 Å². The first-order valence-corrected chi connectivity index (χ1v) is 12.3. The number of hydrogen-bond acceptors (Lipinski definition) is 3. The number of sulfonamides is 1. The van der Waals surface area contributed by atoms with Crippen molar-refractivity contribution in [2.75, 3.05) is 18.8 Å². The van der Waals surface area contributed by atoms with Gasteiger partial charge in [-0.15, -0.1) is 0 Å². The number of nitrogens with zero attached hydrogens (tertiary/aromatic N) is 1. The highest BCUT2D eigenvalue weighted by atomic mass is 32.2. The first-order chi connectivity index (χ1) is 13.2. The van der Waals surface area contributed by atoms with E-state index < -0.39 is 21.5 Å². The van der Waals surface area contributed by atoms with Gasteiger partial charge in [-0.1, -0.05) is 50.3 Å². The van der Waals surface area contributed by atoms with Crippen molar-refractivity contribution >= 4 is 16.1 Å². The van der Waals surface area contributed by atoms with Crippen LogP contribution in [0.4, 0.5) is 0 Å². The smallest absolute Gasteiger partial charge is 0.214 e. The molecule has 1 heterocycles. The lowest BCUT2D eigenvalue weighted by Gasteiger charge is -2.43. The molecule has 3 atom stereocenters. The van der Waals surface area contributed by atoms with E-state index in [0.29, 0.717) is 19.0 Å². The Kier molecular flexibility index (Phi) is 3.99. The molecule has 4 aliphatic rings. The summed E-state index contributed by atoms with van der Waals surface area (Å²) in [6, 6.07) is 8.47.